The maximum atomic E-state index is 12.2. The Labute approximate surface area is 148 Å². The lowest BCUT2D eigenvalue weighted by molar-refractivity contribution is 0.549. The van der Waals surface area contributed by atoms with Gasteiger partial charge in [0, 0.05) is 24.1 Å². The van der Waals surface area contributed by atoms with Crippen molar-refractivity contribution in [3.05, 3.63) is 33.4 Å². The summed E-state index contributed by atoms with van der Waals surface area (Å²) in [5.74, 6) is 1.26. The number of hydrogen-bond acceptors (Lipinski definition) is 4. The third-order valence-corrected chi connectivity index (χ3v) is 7.83. The monoisotopic (exact) mass is 415 g/mol. The van der Waals surface area contributed by atoms with Crippen LogP contribution in [0.25, 0.3) is 0 Å². The fourth-order valence-corrected chi connectivity index (χ4v) is 5.79. The van der Waals surface area contributed by atoms with E-state index in [2.05, 4.69) is 26.7 Å². The lowest BCUT2D eigenvalue weighted by Crippen LogP contribution is -2.27. The summed E-state index contributed by atoms with van der Waals surface area (Å²) in [5.41, 5.74) is 2.47. The molecule has 0 aliphatic heterocycles. The van der Waals surface area contributed by atoms with Gasteiger partial charge in [0.2, 0.25) is 10.0 Å². The highest BCUT2D eigenvalue weighted by molar-refractivity contribution is 9.11. The Hall–Kier alpha value is -0.700. The quantitative estimate of drug-likeness (QED) is 0.752. The predicted octanol–water partition coefficient (Wildman–Crippen LogP) is 3.44. The zero-order valence-corrected chi connectivity index (χ0v) is 15.8. The van der Waals surface area contributed by atoms with E-state index in [1.165, 1.54) is 48.4 Å². The number of nitrogens with one attached hydrogen (secondary N) is 1. The Morgan fingerprint density at radius 1 is 1.26 bits per heavy atom. The van der Waals surface area contributed by atoms with Crippen molar-refractivity contribution in [1.82, 2.24) is 14.5 Å². The van der Waals surface area contributed by atoms with E-state index in [1.54, 1.807) is 12.1 Å². The molecule has 0 radical (unpaired) electrons. The van der Waals surface area contributed by atoms with Crippen LogP contribution in [-0.2, 0) is 16.6 Å². The van der Waals surface area contributed by atoms with Gasteiger partial charge in [-0.2, -0.15) is 5.10 Å². The molecule has 124 valence electrons. The van der Waals surface area contributed by atoms with Crippen LogP contribution in [0.1, 0.15) is 48.9 Å². The fraction of sp³-hybridized carbons (Fsp3) is 0.533. The third-order valence-electron chi connectivity index (χ3n) is 4.25. The van der Waals surface area contributed by atoms with Crippen molar-refractivity contribution >= 4 is 37.3 Å². The SMILES string of the molecule is O=S(=O)(NCCn1nc(C2CC2)cc1C1CC1)c1ccc(Br)s1. The maximum Gasteiger partial charge on any atom is 0.250 e. The van der Waals surface area contributed by atoms with Gasteiger partial charge in [0.25, 0.3) is 0 Å². The lowest BCUT2D eigenvalue weighted by atomic mass is 10.2. The van der Waals surface area contributed by atoms with Crippen LogP contribution in [0.5, 0.6) is 0 Å². The van der Waals surface area contributed by atoms with Gasteiger partial charge >= 0.3 is 0 Å². The molecule has 0 bridgehead atoms. The van der Waals surface area contributed by atoms with Crippen LogP contribution in [0.2, 0.25) is 0 Å². The first-order valence-corrected chi connectivity index (χ1v) is 10.9. The van der Waals surface area contributed by atoms with Gasteiger partial charge in [-0.25, -0.2) is 13.1 Å². The molecule has 2 aromatic rings. The second-order valence-electron chi connectivity index (χ2n) is 6.22. The number of hydrogen-bond donors (Lipinski definition) is 1. The van der Waals surface area contributed by atoms with Gasteiger partial charge in [0.1, 0.15) is 4.21 Å². The van der Waals surface area contributed by atoms with E-state index >= 15 is 0 Å². The Balaban J connectivity index is 1.43. The Kier molecular flexibility index (Phi) is 4.11. The van der Waals surface area contributed by atoms with Crippen LogP contribution in [0.15, 0.2) is 26.2 Å². The van der Waals surface area contributed by atoms with Crippen LogP contribution < -0.4 is 4.72 Å². The predicted molar refractivity (Wildman–Crippen MR) is 93.4 cm³/mol. The molecule has 23 heavy (non-hydrogen) atoms. The summed E-state index contributed by atoms with van der Waals surface area (Å²) >= 11 is 4.52. The average molecular weight is 416 g/mol. The molecule has 2 aliphatic rings. The summed E-state index contributed by atoms with van der Waals surface area (Å²) in [7, 11) is -3.43. The molecule has 4 rings (SSSR count). The molecule has 2 fully saturated rings. The van der Waals surface area contributed by atoms with Crippen molar-refractivity contribution in [3.63, 3.8) is 0 Å². The van der Waals surface area contributed by atoms with Gasteiger partial charge in [-0.1, -0.05) is 0 Å². The minimum atomic E-state index is -3.43. The molecule has 2 heterocycles. The average Bonchev–Trinajstić information content (AvgIpc) is 3.43. The largest absolute Gasteiger partial charge is 0.268 e. The summed E-state index contributed by atoms with van der Waals surface area (Å²) in [6.07, 6.45) is 4.93. The number of rotatable bonds is 7. The van der Waals surface area contributed by atoms with Gasteiger partial charge in [-0.15, -0.1) is 11.3 Å². The highest BCUT2D eigenvalue weighted by Gasteiger charge is 2.32. The van der Waals surface area contributed by atoms with E-state index in [0.29, 0.717) is 29.1 Å². The zero-order chi connectivity index (χ0) is 16.0. The molecule has 5 nitrogen and oxygen atoms in total. The molecule has 2 aliphatic carbocycles. The summed E-state index contributed by atoms with van der Waals surface area (Å²) in [6.45, 7) is 0.952. The van der Waals surface area contributed by atoms with E-state index in [1.807, 2.05) is 4.68 Å². The van der Waals surface area contributed by atoms with Gasteiger partial charge < -0.3 is 0 Å². The summed E-state index contributed by atoms with van der Waals surface area (Å²) in [4.78, 5) is 0. The molecule has 0 atom stereocenters. The lowest BCUT2D eigenvalue weighted by Gasteiger charge is -2.08. The smallest absolute Gasteiger partial charge is 0.250 e. The van der Waals surface area contributed by atoms with Gasteiger partial charge in [-0.3, -0.25) is 4.68 Å². The van der Waals surface area contributed by atoms with Crippen molar-refractivity contribution in [3.8, 4) is 0 Å². The normalized spacial score (nSPS) is 18.5. The van der Waals surface area contributed by atoms with Crippen molar-refractivity contribution in [2.24, 2.45) is 0 Å². The number of thiophene rings is 1. The first-order chi connectivity index (χ1) is 11.0. The van der Waals surface area contributed by atoms with Crippen molar-refractivity contribution < 1.29 is 8.42 Å². The Morgan fingerprint density at radius 2 is 2.00 bits per heavy atom. The number of halogens is 1. The van der Waals surface area contributed by atoms with Crippen molar-refractivity contribution in [2.75, 3.05) is 6.54 Å². The van der Waals surface area contributed by atoms with Gasteiger partial charge in [-0.05, 0) is 59.8 Å². The van der Waals surface area contributed by atoms with Crippen molar-refractivity contribution in [1.29, 1.82) is 0 Å². The molecule has 0 amide bonds. The van der Waals surface area contributed by atoms with Gasteiger partial charge in [0.15, 0.2) is 0 Å². The zero-order valence-electron chi connectivity index (χ0n) is 12.5. The fourth-order valence-electron chi connectivity index (χ4n) is 2.72. The van der Waals surface area contributed by atoms with Gasteiger partial charge in [0.05, 0.1) is 16.0 Å². The molecule has 0 saturated heterocycles. The van der Waals surface area contributed by atoms with Crippen molar-refractivity contribution in [2.45, 2.75) is 48.3 Å². The highest BCUT2D eigenvalue weighted by atomic mass is 79.9. The first-order valence-electron chi connectivity index (χ1n) is 7.85. The minimum absolute atomic E-state index is 0.339. The van der Waals surface area contributed by atoms with E-state index in [0.717, 1.165) is 3.79 Å². The molecular formula is C15H18BrN3O2S2. The molecule has 8 heteroatoms. The maximum absolute atomic E-state index is 12.2. The molecule has 2 aromatic heterocycles. The Morgan fingerprint density at radius 3 is 2.61 bits per heavy atom. The number of aromatic nitrogens is 2. The summed E-state index contributed by atoms with van der Waals surface area (Å²) < 4.78 is 30.3. The van der Waals surface area contributed by atoms with E-state index in [4.69, 9.17) is 5.10 Å². The highest BCUT2D eigenvalue weighted by Crippen LogP contribution is 2.44. The van der Waals surface area contributed by atoms with Crippen LogP contribution in [0, 0.1) is 0 Å². The van der Waals surface area contributed by atoms with Crippen LogP contribution in [0.3, 0.4) is 0 Å². The molecule has 2 saturated carbocycles. The minimum Gasteiger partial charge on any atom is -0.268 e. The summed E-state index contributed by atoms with van der Waals surface area (Å²) in [5, 5.41) is 4.71. The molecule has 0 spiro atoms. The molecule has 0 unspecified atom stereocenters. The Bertz CT molecular complexity index is 820. The van der Waals surface area contributed by atoms with Crippen LogP contribution >= 0.6 is 27.3 Å². The van der Waals surface area contributed by atoms with E-state index < -0.39 is 10.0 Å². The third kappa shape index (κ3) is 3.55. The molecular weight excluding hydrogens is 398 g/mol. The second kappa shape index (κ2) is 5.98. The standard InChI is InChI=1S/C15H18BrN3O2S2/c16-14-5-6-15(22-14)23(20,21)17-7-8-19-13(11-3-4-11)9-12(18-19)10-1-2-10/h5-6,9-11,17H,1-4,7-8H2. The summed E-state index contributed by atoms with van der Waals surface area (Å²) in [6, 6.07) is 5.60. The number of nitrogens with zero attached hydrogens (tertiary/aromatic N) is 2. The first kappa shape index (κ1) is 15.8. The van der Waals surface area contributed by atoms with E-state index in [-0.39, 0.29) is 0 Å². The van der Waals surface area contributed by atoms with Crippen LogP contribution in [0.4, 0.5) is 0 Å². The number of sulfonamides is 1. The second-order valence-corrected chi connectivity index (χ2v) is 10.7. The van der Waals surface area contributed by atoms with Crippen LogP contribution in [-0.4, -0.2) is 24.7 Å². The molecule has 0 aromatic carbocycles. The molecule has 1 N–H and O–H groups in total. The van der Waals surface area contributed by atoms with E-state index in [9.17, 15) is 8.42 Å². The topological polar surface area (TPSA) is 64.0 Å².